The molecule has 0 spiro atoms. The van der Waals surface area contributed by atoms with Crippen LogP contribution < -0.4 is 0 Å². The normalized spacial score (nSPS) is 10.9. The molecule has 0 aliphatic rings. The highest BCUT2D eigenvalue weighted by Crippen LogP contribution is 2.31. The van der Waals surface area contributed by atoms with Crippen molar-refractivity contribution in [3.8, 4) is 22.5 Å². The van der Waals surface area contributed by atoms with E-state index in [9.17, 15) is 0 Å². The third kappa shape index (κ3) is 4.56. The van der Waals surface area contributed by atoms with Crippen LogP contribution in [-0.2, 0) is 16.0 Å². The van der Waals surface area contributed by atoms with Gasteiger partial charge in [-0.25, -0.2) is 4.98 Å². The van der Waals surface area contributed by atoms with E-state index in [-0.39, 0.29) is 0 Å². The van der Waals surface area contributed by atoms with Gasteiger partial charge in [0.05, 0.1) is 30.9 Å². The lowest BCUT2D eigenvalue weighted by molar-refractivity contribution is 0.0680. The van der Waals surface area contributed by atoms with E-state index in [1.54, 1.807) is 7.11 Å². The van der Waals surface area contributed by atoms with E-state index < -0.39 is 0 Å². The monoisotopic (exact) mass is 336 g/mol. The van der Waals surface area contributed by atoms with Crippen molar-refractivity contribution in [2.75, 3.05) is 26.9 Å². The zero-order valence-electron chi connectivity index (χ0n) is 14.6. The molecule has 0 aliphatic carbocycles. The summed E-state index contributed by atoms with van der Waals surface area (Å²) in [4.78, 5) is 4.69. The van der Waals surface area contributed by atoms with Crippen molar-refractivity contribution < 1.29 is 9.47 Å². The Bertz CT molecular complexity index is 754. The summed E-state index contributed by atoms with van der Waals surface area (Å²) in [5.41, 5.74) is 4.49. The lowest BCUT2D eigenvalue weighted by Crippen LogP contribution is -2.06. The van der Waals surface area contributed by atoms with Crippen LogP contribution >= 0.6 is 0 Å². The summed E-state index contributed by atoms with van der Waals surface area (Å²) in [6, 6.07) is 20.8. The van der Waals surface area contributed by atoms with Gasteiger partial charge in [-0.2, -0.15) is 0 Å². The number of methoxy groups -OCH3 is 1. The van der Waals surface area contributed by atoms with Crippen molar-refractivity contribution in [3.63, 3.8) is 0 Å². The number of hydrogen-bond acceptors (Lipinski definition) is 3. The molecule has 25 heavy (non-hydrogen) atoms. The van der Waals surface area contributed by atoms with Crippen molar-refractivity contribution >= 4 is 0 Å². The summed E-state index contributed by atoms with van der Waals surface area (Å²) in [5.74, 6) is 0. The summed E-state index contributed by atoms with van der Waals surface area (Å²) in [6.45, 7) is 2.87. The van der Waals surface area contributed by atoms with E-state index in [0.717, 1.165) is 36.5 Å². The molecule has 0 fully saturated rings. The highest BCUT2D eigenvalue weighted by molar-refractivity contribution is 5.78. The summed E-state index contributed by atoms with van der Waals surface area (Å²) in [6.07, 6.45) is 2.87. The maximum atomic E-state index is 5.57. The fourth-order valence-electron chi connectivity index (χ4n) is 2.84. The quantitative estimate of drug-likeness (QED) is 0.548. The SMILES string of the molecule is COCCOCCCn1cnc(-c2ccccc2)c1-c1ccccc1. The van der Waals surface area contributed by atoms with Crippen LogP contribution in [0.4, 0.5) is 0 Å². The Hall–Kier alpha value is -2.43. The summed E-state index contributed by atoms with van der Waals surface area (Å²) in [5, 5.41) is 0. The average Bonchev–Trinajstić information content (AvgIpc) is 3.10. The molecule has 0 N–H and O–H groups in total. The minimum absolute atomic E-state index is 0.637. The lowest BCUT2D eigenvalue weighted by atomic mass is 10.0. The van der Waals surface area contributed by atoms with E-state index >= 15 is 0 Å². The van der Waals surface area contributed by atoms with Crippen molar-refractivity contribution in [1.29, 1.82) is 0 Å². The number of imidazole rings is 1. The highest BCUT2D eigenvalue weighted by atomic mass is 16.5. The summed E-state index contributed by atoms with van der Waals surface area (Å²) in [7, 11) is 1.69. The number of benzene rings is 2. The van der Waals surface area contributed by atoms with Gasteiger partial charge in [-0.3, -0.25) is 0 Å². The molecule has 3 aromatic rings. The van der Waals surface area contributed by atoms with Crippen LogP contribution in [0.5, 0.6) is 0 Å². The lowest BCUT2D eigenvalue weighted by Gasteiger charge is -2.11. The maximum Gasteiger partial charge on any atom is 0.0963 e. The Morgan fingerprint density at radius 1 is 0.840 bits per heavy atom. The van der Waals surface area contributed by atoms with Gasteiger partial charge in [-0.15, -0.1) is 0 Å². The van der Waals surface area contributed by atoms with Crippen molar-refractivity contribution in [1.82, 2.24) is 9.55 Å². The molecule has 3 rings (SSSR count). The predicted molar refractivity (Wildman–Crippen MR) is 100 cm³/mol. The first kappa shape index (κ1) is 17.4. The van der Waals surface area contributed by atoms with Gasteiger partial charge in [0, 0.05) is 31.4 Å². The molecule has 0 amide bonds. The van der Waals surface area contributed by atoms with Crippen LogP contribution in [0.25, 0.3) is 22.5 Å². The molecule has 1 heterocycles. The van der Waals surface area contributed by atoms with Crippen LogP contribution in [0.15, 0.2) is 67.0 Å². The molecule has 4 nitrogen and oxygen atoms in total. The molecule has 0 atom stereocenters. The number of hydrogen-bond donors (Lipinski definition) is 0. The van der Waals surface area contributed by atoms with Crippen LogP contribution in [0.3, 0.4) is 0 Å². The Balaban J connectivity index is 1.80. The summed E-state index contributed by atoms with van der Waals surface area (Å²) >= 11 is 0. The minimum atomic E-state index is 0.637. The van der Waals surface area contributed by atoms with E-state index in [2.05, 4.69) is 41.0 Å². The van der Waals surface area contributed by atoms with Crippen LogP contribution in [0.2, 0.25) is 0 Å². The molecule has 2 aromatic carbocycles. The van der Waals surface area contributed by atoms with Crippen molar-refractivity contribution in [3.05, 3.63) is 67.0 Å². The Morgan fingerprint density at radius 3 is 2.20 bits per heavy atom. The topological polar surface area (TPSA) is 36.3 Å². The zero-order valence-corrected chi connectivity index (χ0v) is 14.6. The molecule has 0 saturated heterocycles. The number of ether oxygens (including phenoxy) is 2. The van der Waals surface area contributed by atoms with E-state index in [1.807, 2.05) is 30.6 Å². The van der Waals surface area contributed by atoms with Gasteiger partial charge in [-0.1, -0.05) is 60.7 Å². The first-order valence-corrected chi connectivity index (χ1v) is 8.63. The maximum absolute atomic E-state index is 5.57. The van der Waals surface area contributed by atoms with Gasteiger partial charge < -0.3 is 14.0 Å². The largest absolute Gasteiger partial charge is 0.382 e. The fraction of sp³-hybridized carbons (Fsp3) is 0.286. The minimum Gasteiger partial charge on any atom is -0.382 e. The molecular formula is C21H24N2O2. The molecule has 0 bridgehead atoms. The first-order chi connectivity index (χ1) is 12.4. The van der Waals surface area contributed by atoms with Crippen LogP contribution in [0.1, 0.15) is 6.42 Å². The van der Waals surface area contributed by atoms with Crippen LogP contribution in [-0.4, -0.2) is 36.5 Å². The summed E-state index contributed by atoms with van der Waals surface area (Å²) < 4.78 is 12.8. The van der Waals surface area contributed by atoms with Crippen molar-refractivity contribution in [2.24, 2.45) is 0 Å². The van der Waals surface area contributed by atoms with E-state index in [4.69, 9.17) is 14.5 Å². The van der Waals surface area contributed by atoms with Crippen molar-refractivity contribution in [2.45, 2.75) is 13.0 Å². The second-order valence-corrected chi connectivity index (χ2v) is 5.83. The number of nitrogens with zero attached hydrogens (tertiary/aromatic N) is 2. The molecule has 0 aliphatic heterocycles. The first-order valence-electron chi connectivity index (χ1n) is 8.63. The number of rotatable bonds is 9. The van der Waals surface area contributed by atoms with Gasteiger partial charge in [0.25, 0.3) is 0 Å². The molecule has 0 unspecified atom stereocenters. The Labute approximate surface area is 149 Å². The molecule has 0 radical (unpaired) electrons. The third-order valence-electron chi connectivity index (χ3n) is 4.05. The van der Waals surface area contributed by atoms with Gasteiger partial charge in [0.2, 0.25) is 0 Å². The van der Waals surface area contributed by atoms with Gasteiger partial charge >= 0.3 is 0 Å². The molecule has 1 aromatic heterocycles. The predicted octanol–water partition coefficient (Wildman–Crippen LogP) is 4.27. The highest BCUT2D eigenvalue weighted by Gasteiger charge is 2.14. The molecular weight excluding hydrogens is 312 g/mol. The standard InChI is InChI=1S/C21H24N2O2/c1-24-15-16-25-14-8-13-23-17-22-20(18-9-4-2-5-10-18)21(23)19-11-6-3-7-12-19/h2-7,9-12,17H,8,13-16H2,1H3. The second-order valence-electron chi connectivity index (χ2n) is 5.83. The Kier molecular flexibility index (Phi) is 6.37. The molecule has 130 valence electrons. The molecule has 4 heteroatoms. The number of aromatic nitrogens is 2. The zero-order chi connectivity index (χ0) is 17.3. The van der Waals surface area contributed by atoms with Crippen LogP contribution in [0, 0.1) is 0 Å². The van der Waals surface area contributed by atoms with E-state index in [1.165, 1.54) is 5.56 Å². The van der Waals surface area contributed by atoms with Gasteiger partial charge in [0.1, 0.15) is 0 Å². The average molecular weight is 336 g/mol. The fourth-order valence-corrected chi connectivity index (χ4v) is 2.84. The number of aryl methyl sites for hydroxylation is 1. The Morgan fingerprint density at radius 2 is 1.52 bits per heavy atom. The van der Waals surface area contributed by atoms with Gasteiger partial charge in [-0.05, 0) is 6.42 Å². The van der Waals surface area contributed by atoms with E-state index in [0.29, 0.717) is 13.2 Å². The smallest absolute Gasteiger partial charge is 0.0963 e. The molecule has 0 saturated carbocycles. The third-order valence-corrected chi connectivity index (χ3v) is 4.05. The van der Waals surface area contributed by atoms with Gasteiger partial charge in [0.15, 0.2) is 0 Å². The second kappa shape index (κ2) is 9.16.